The van der Waals surface area contributed by atoms with Crippen LogP contribution in [0.5, 0.6) is 5.75 Å². The second-order valence-corrected chi connectivity index (χ2v) is 5.46. The van der Waals surface area contributed by atoms with Crippen LogP contribution in [0.15, 0.2) is 24.3 Å². The number of amides is 1. The molecule has 1 N–H and O–H groups in total. The summed E-state index contributed by atoms with van der Waals surface area (Å²) in [5.41, 5.74) is 0.881. The normalized spacial score (nSPS) is 21.6. The molecule has 1 saturated heterocycles. The van der Waals surface area contributed by atoms with Gasteiger partial charge in [-0.2, -0.15) is 8.78 Å². The van der Waals surface area contributed by atoms with E-state index in [1.807, 2.05) is 0 Å². The first kappa shape index (κ1) is 15.7. The lowest BCUT2D eigenvalue weighted by molar-refractivity contribution is -0.135. The van der Waals surface area contributed by atoms with Crippen molar-refractivity contribution < 1.29 is 18.3 Å². The summed E-state index contributed by atoms with van der Waals surface area (Å²) in [4.78, 5) is 14.0. The Morgan fingerprint density at radius 2 is 2.05 bits per heavy atom. The molecule has 0 saturated carbocycles. The molecule has 1 aliphatic heterocycles. The highest BCUT2D eigenvalue weighted by Gasteiger charge is 2.31. The molecule has 1 heterocycles. The Morgan fingerprint density at radius 3 is 2.57 bits per heavy atom. The topological polar surface area (TPSA) is 41.6 Å². The van der Waals surface area contributed by atoms with Gasteiger partial charge in [0.1, 0.15) is 5.75 Å². The van der Waals surface area contributed by atoms with Gasteiger partial charge >= 0.3 is 6.61 Å². The summed E-state index contributed by atoms with van der Waals surface area (Å²) in [5, 5.41) is 3.21. The van der Waals surface area contributed by atoms with Crippen LogP contribution in [0.1, 0.15) is 12.5 Å². The van der Waals surface area contributed by atoms with Crippen molar-refractivity contribution in [3.05, 3.63) is 29.8 Å². The van der Waals surface area contributed by atoms with Crippen molar-refractivity contribution in [1.29, 1.82) is 0 Å². The molecular formula is C15H20F2N2O2. The molecule has 0 aromatic heterocycles. The van der Waals surface area contributed by atoms with Crippen molar-refractivity contribution >= 4 is 5.91 Å². The molecule has 0 aliphatic carbocycles. The molecule has 2 rings (SSSR count). The van der Waals surface area contributed by atoms with Gasteiger partial charge in [0.2, 0.25) is 5.91 Å². The number of benzene rings is 1. The molecule has 1 amide bonds. The Morgan fingerprint density at radius 1 is 1.38 bits per heavy atom. The number of hydrogen-bond acceptors (Lipinski definition) is 3. The summed E-state index contributed by atoms with van der Waals surface area (Å²) in [6.07, 6.45) is 0. The van der Waals surface area contributed by atoms with Crippen LogP contribution in [0.4, 0.5) is 8.78 Å². The third-order valence-corrected chi connectivity index (χ3v) is 3.78. The first-order chi connectivity index (χ1) is 9.97. The molecule has 0 bridgehead atoms. The van der Waals surface area contributed by atoms with Crippen molar-refractivity contribution in [1.82, 2.24) is 10.2 Å². The lowest BCUT2D eigenvalue weighted by atomic mass is 9.96. The number of ether oxygens (including phenoxy) is 1. The monoisotopic (exact) mass is 298 g/mol. The molecule has 1 aromatic carbocycles. The second-order valence-electron chi connectivity index (χ2n) is 5.46. The molecule has 21 heavy (non-hydrogen) atoms. The first-order valence-corrected chi connectivity index (χ1v) is 6.97. The summed E-state index contributed by atoms with van der Waals surface area (Å²) in [6, 6.07) is 6.36. The lowest BCUT2D eigenvalue weighted by Crippen LogP contribution is -2.35. The van der Waals surface area contributed by atoms with Gasteiger partial charge in [-0.05, 0) is 30.2 Å². The van der Waals surface area contributed by atoms with Gasteiger partial charge in [0.05, 0.1) is 5.92 Å². The molecule has 1 fully saturated rings. The zero-order chi connectivity index (χ0) is 15.4. The molecule has 6 heteroatoms. The molecule has 0 unspecified atom stereocenters. The summed E-state index contributed by atoms with van der Waals surface area (Å²) in [5.74, 6) is 0.579. The number of alkyl halides is 2. The van der Waals surface area contributed by atoms with Crippen molar-refractivity contribution in [2.24, 2.45) is 11.8 Å². The van der Waals surface area contributed by atoms with E-state index >= 15 is 0 Å². The Kier molecular flexibility index (Phi) is 5.12. The van der Waals surface area contributed by atoms with Crippen molar-refractivity contribution in [2.75, 3.05) is 20.1 Å². The average Bonchev–Trinajstić information content (AvgIpc) is 2.85. The van der Waals surface area contributed by atoms with Gasteiger partial charge in [0, 0.05) is 20.1 Å². The number of rotatable bonds is 5. The van der Waals surface area contributed by atoms with Crippen LogP contribution in [0, 0.1) is 11.8 Å². The molecule has 1 aliphatic rings. The van der Waals surface area contributed by atoms with Crippen molar-refractivity contribution in [3.63, 3.8) is 0 Å². The number of hydrogen-bond donors (Lipinski definition) is 1. The Balaban J connectivity index is 1.92. The molecular weight excluding hydrogens is 278 g/mol. The summed E-state index contributed by atoms with van der Waals surface area (Å²) in [6.45, 7) is 1.27. The average molecular weight is 298 g/mol. The fourth-order valence-corrected chi connectivity index (χ4v) is 2.55. The van der Waals surface area contributed by atoms with E-state index < -0.39 is 6.61 Å². The zero-order valence-electron chi connectivity index (χ0n) is 12.2. The summed E-state index contributed by atoms with van der Waals surface area (Å²) < 4.78 is 28.4. The van der Waals surface area contributed by atoms with Crippen LogP contribution in [0.2, 0.25) is 0 Å². The van der Waals surface area contributed by atoms with Crippen LogP contribution in [0.25, 0.3) is 0 Å². The van der Waals surface area contributed by atoms with Gasteiger partial charge in [0.25, 0.3) is 0 Å². The summed E-state index contributed by atoms with van der Waals surface area (Å²) >= 11 is 0. The maximum Gasteiger partial charge on any atom is 0.387 e. The van der Waals surface area contributed by atoms with E-state index in [0.29, 0.717) is 19.0 Å². The van der Waals surface area contributed by atoms with E-state index in [9.17, 15) is 13.6 Å². The molecule has 1 aromatic rings. The minimum absolute atomic E-state index is 0.0106. The van der Waals surface area contributed by atoms with E-state index in [4.69, 9.17) is 0 Å². The zero-order valence-corrected chi connectivity index (χ0v) is 12.2. The van der Waals surface area contributed by atoms with Crippen molar-refractivity contribution in [2.45, 2.75) is 20.1 Å². The number of nitrogens with zero attached hydrogens (tertiary/aromatic N) is 1. The number of carbonyl (C=O) groups excluding carboxylic acids is 1. The molecule has 4 nitrogen and oxygen atoms in total. The van der Waals surface area contributed by atoms with Gasteiger partial charge in [-0.25, -0.2) is 0 Å². The SMILES string of the molecule is C[C@@H]1CNC[C@H]1C(=O)N(C)Cc1ccc(OC(F)F)cc1. The highest BCUT2D eigenvalue weighted by Crippen LogP contribution is 2.20. The molecule has 0 radical (unpaired) electrons. The highest BCUT2D eigenvalue weighted by molar-refractivity contribution is 5.79. The maximum atomic E-state index is 12.3. The van der Waals surface area contributed by atoms with Crippen LogP contribution in [-0.4, -0.2) is 37.6 Å². The summed E-state index contributed by atoms with van der Waals surface area (Å²) in [7, 11) is 1.76. The predicted molar refractivity (Wildman–Crippen MR) is 75.1 cm³/mol. The van der Waals surface area contributed by atoms with Gasteiger partial charge < -0.3 is 15.0 Å². The minimum Gasteiger partial charge on any atom is -0.435 e. The standard InChI is InChI=1S/C15H20F2N2O2/c1-10-7-18-8-13(10)14(20)19(2)9-11-3-5-12(6-4-11)21-15(16)17/h3-6,10,13,15,18H,7-9H2,1-2H3/t10-,13-/m1/s1. The smallest absolute Gasteiger partial charge is 0.387 e. The van der Waals surface area contributed by atoms with Gasteiger partial charge in [0.15, 0.2) is 0 Å². The molecule has 0 spiro atoms. The third-order valence-electron chi connectivity index (χ3n) is 3.78. The Hall–Kier alpha value is -1.69. The number of halogens is 2. The first-order valence-electron chi connectivity index (χ1n) is 6.97. The second kappa shape index (κ2) is 6.85. The van der Waals surface area contributed by atoms with E-state index in [1.165, 1.54) is 12.1 Å². The quantitative estimate of drug-likeness (QED) is 0.905. The van der Waals surface area contributed by atoms with Gasteiger partial charge in [-0.1, -0.05) is 19.1 Å². The van der Waals surface area contributed by atoms with Gasteiger partial charge in [-0.3, -0.25) is 4.79 Å². The predicted octanol–water partition coefficient (Wildman–Crippen LogP) is 2.10. The van der Waals surface area contributed by atoms with Crippen molar-refractivity contribution in [3.8, 4) is 5.75 Å². The van der Waals surface area contributed by atoms with Crippen LogP contribution < -0.4 is 10.1 Å². The van der Waals surface area contributed by atoms with E-state index in [-0.39, 0.29) is 17.6 Å². The molecule has 116 valence electrons. The van der Waals surface area contributed by atoms with Crippen LogP contribution in [0.3, 0.4) is 0 Å². The van der Waals surface area contributed by atoms with Crippen LogP contribution >= 0.6 is 0 Å². The van der Waals surface area contributed by atoms with E-state index in [2.05, 4.69) is 17.0 Å². The largest absolute Gasteiger partial charge is 0.435 e. The highest BCUT2D eigenvalue weighted by atomic mass is 19.3. The van der Waals surface area contributed by atoms with E-state index in [1.54, 1.807) is 24.1 Å². The molecule has 2 atom stereocenters. The van der Waals surface area contributed by atoms with E-state index in [0.717, 1.165) is 12.1 Å². The third kappa shape index (κ3) is 4.14. The number of carbonyl (C=O) groups is 1. The Labute approximate surface area is 123 Å². The van der Waals surface area contributed by atoms with Crippen LogP contribution in [-0.2, 0) is 11.3 Å². The Bertz CT molecular complexity index is 479. The van der Waals surface area contributed by atoms with Gasteiger partial charge in [-0.15, -0.1) is 0 Å². The maximum absolute atomic E-state index is 12.3. The minimum atomic E-state index is -2.82. The fourth-order valence-electron chi connectivity index (χ4n) is 2.55. The lowest BCUT2D eigenvalue weighted by Gasteiger charge is -2.23. The fraction of sp³-hybridized carbons (Fsp3) is 0.533. The number of nitrogens with one attached hydrogen (secondary N) is 1.